The maximum absolute atomic E-state index is 11.2. The van der Waals surface area contributed by atoms with Gasteiger partial charge in [-0.3, -0.25) is 15.6 Å². The second kappa shape index (κ2) is 7.04. The number of Topliss-reactive ketones (excluding diaryl/α,β-unsaturated/α-hetero) is 1. The molecule has 1 saturated heterocycles. The summed E-state index contributed by atoms with van der Waals surface area (Å²) in [4.78, 5) is 11.2. The summed E-state index contributed by atoms with van der Waals surface area (Å²) < 4.78 is 0. The number of hydrazine groups is 1. The van der Waals surface area contributed by atoms with E-state index in [4.69, 9.17) is 0 Å². The summed E-state index contributed by atoms with van der Waals surface area (Å²) in [7, 11) is 0. The molecular weight excluding hydrogens is 164 g/mol. The van der Waals surface area contributed by atoms with Crippen LogP contribution in [0.3, 0.4) is 0 Å². The first kappa shape index (κ1) is 10.7. The highest BCUT2D eigenvalue weighted by Crippen LogP contribution is 2.07. The number of carbonyl (C=O) groups excluding carboxylic acids is 1. The molecule has 0 radical (unpaired) electrons. The van der Waals surface area contributed by atoms with Gasteiger partial charge in [0.15, 0.2) is 0 Å². The molecule has 1 rings (SSSR count). The summed E-state index contributed by atoms with van der Waals surface area (Å²) in [5.41, 5.74) is 6.02. The lowest BCUT2D eigenvalue weighted by Gasteiger charge is -2.08. The van der Waals surface area contributed by atoms with Crippen molar-refractivity contribution in [3.05, 3.63) is 0 Å². The van der Waals surface area contributed by atoms with Crippen LogP contribution >= 0.6 is 0 Å². The minimum absolute atomic E-state index is 0.327. The third kappa shape index (κ3) is 5.77. The molecule has 0 atom stereocenters. The molecule has 1 aliphatic rings. The summed E-state index contributed by atoms with van der Waals surface area (Å²) >= 11 is 0. The van der Waals surface area contributed by atoms with E-state index in [0.717, 1.165) is 19.4 Å². The summed E-state index contributed by atoms with van der Waals surface area (Å²) in [6.07, 6.45) is 8.16. The molecule has 3 nitrogen and oxygen atoms in total. The fraction of sp³-hybridized carbons (Fsp3) is 0.900. The van der Waals surface area contributed by atoms with Gasteiger partial charge in [-0.25, -0.2) is 0 Å². The van der Waals surface area contributed by atoms with Gasteiger partial charge in [-0.05, 0) is 12.8 Å². The average Bonchev–Trinajstić information content (AvgIpc) is 2.11. The van der Waals surface area contributed by atoms with Crippen molar-refractivity contribution in [2.45, 2.75) is 44.9 Å². The van der Waals surface area contributed by atoms with Gasteiger partial charge >= 0.3 is 0 Å². The van der Waals surface area contributed by atoms with Crippen molar-refractivity contribution in [2.75, 3.05) is 13.1 Å². The molecule has 0 aliphatic carbocycles. The van der Waals surface area contributed by atoms with Crippen LogP contribution in [0.1, 0.15) is 44.9 Å². The van der Waals surface area contributed by atoms with Crippen LogP contribution in [0.2, 0.25) is 0 Å². The second-order valence-corrected chi connectivity index (χ2v) is 3.69. The van der Waals surface area contributed by atoms with Gasteiger partial charge in [-0.1, -0.05) is 25.7 Å². The van der Waals surface area contributed by atoms with Crippen molar-refractivity contribution in [3.8, 4) is 0 Å². The summed E-state index contributed by atoms with van der Waals surface area (Å²) in [6.45, 7) is 1.47. The molecule has 1 fully saturated rings. The van der Waals surface area contributed by atoms with E-state index < -0.39 is 0 Å². The molecule has 2 N–H and O–H groups in total. The maximum Gasteiger partial charge on any atom is 0.148 e. The smallest absolute Gasteiger partial charge is 0.148 e. The molecule has 3 heteroatoms. The topological polar surface area (TPSA) is 41.1 Å². The molecule has 1 heterocycles. The van der Waals surface area contributed by atoms with Crippen molar-refractivity contribution in [3.63, 3.8) is 0 Å². The lowest BCUT2D eigenvalue weighted by Crippen LogP contribution is -2.36. The first-order chi connectivity index (χ1) is 6.39. The highest BCUT2D eigenvalue weighted by Gasteiger charge is 2.01. The number of ketones is 1. The molecule has 0 aromatic rings. The SMILES string of the molecule is O=C1CCCCCCCCNNC1. The number of hydrogen-bond acceptors (Lipinski definition) is 3. The normalized spacial score (nSPS) is 23.2. The standard InChI is InChI=1S/C10H20N2O/c13-10-7-5-3-1-2-4-6-8-11-12-9-10/h11-12H,1-9H2. The van der Waals surface area contributed by atoms with E-state index >= 15 is 0 Å². The number of hydrogen-bond donors (Lipinski definition) is 2. The zero-order valence-corrected chi connectivity index (χ0v) is 8.27. The Hall–Kier alpha value is -0.410. The largest absolute Gasteiger partial charge is 0.298 e. The molecule has 0 amide bonds. The number of nitrogens with one attached hydrogen (secondary N) is 2. The fourth-order valence-electron chi connectivity index (χ4n) is 1.58. The predicted molar refractivity (Wildman–Crippen MR) is 53.3 cm³/mol. The Bertz CT molecular complexity index is 134. The molecule has 0 unspecified atom stereocenters. The third-order valence-corrected chi connectivity index (χ3v) is 2.42. The van der Waals surface area contributed by atoms with Crippen LogP contribution in [0, 0.1) is 0 Å². The van der Waals surface area contributed by atoms with E-state index in [1.807, 2.05) is 0 Å². The molecule has 0 spiro atoms. The van der Waals surface area contributed by atoms with Gasteiger partial charge in [0.05, 0.1) is 6.54 Å². The van der Waals surface area contributed by atoms with Crippen LogP contribution in [-0.2, 0) is 4.79 Å². The Balaban J connectivity index is 2.14. The zero-order chi connectivity index (χ0) is 9.36. The van der Waals surface area contributed by atoms with Gasteiger partial charge in [0.2, 0.25) is 0 Å². The Morgan fingerprint density at radius 3 is 2.38 bits per heavy atom. The van der Waals surface area contributed by atoms with Crippen LogP contribution in [0.4, 0.5) is 0 Å². The van der Waals surface area contributed by atoms with Crippen molar-refractivity contribution >= 4 is 5.78 Å². The first-order valence-electron chi connectivity index (χ1n) is 5.37. The fourth-order valence-corrected chi connectivity index (χ4v) is 1.58. The van der Waals surface area contributed by atoms with Crippen LogP contribution in [-0.4, -0.2) is 18.9 Å². The minimum atomic E-state index is 0.327. The quantitative estimate of drug-likeness (QED) is 0.598. The number of carbonyl (C=O) groups is 1. The van der Waals surface area contributed by atoms with Gasteiger partial charge in [0.1, 0.15) is 5.78 Å². The van der Waals surface area contributed by atoms with Crippen molar-refractivity contribution in [1.82, 2.24) is 10.9 Å². The average molecular weight is 184 g/mol. The Labute approximate surface area is 80.2 Å². The summed E-state index contributed by atoms with van der Waals surface area (Å²) in [5.74, 6) is 0.327. The van der Waals surface area contributed by atoms with Crippen molar-refractivity contribution < 1.29 is 4.79 Å². The van der Waals surface area contributed by atoms with Gasteiger partial charge in [0.25, 0.3) is 0 Å². The Morgan fingerprint density at radius 1 is 0.846 bits per heavy atom. The maximum atomic E-state index is 11.2. The molecule has 0 aromatic carbocycles. The van der Waals surface area contributed by atoms with Gasteiger partial charge < -0.3 is 0 Å². The van der Waals surface area contributed by atoms with E-state index in [2.05, 4.69) is 10.9 Å². The minimum Gasteiger partial charge on any atom is -0.298 e. The molecule has 0 aromatic heterocycles. The first-order valence-corrected chi connectivity index (χ1v) is 5.37. The Morgan fingerprint density at radius 2 is 1.54 bits per heavy atom. The van der Waals surface area contributed by atoms with Crippen molar-refractivity contribution in [1.29, 1.82) is 0 Å². The Kier molecular flexibility index (Phi) is 5.78. The molecule has 76 valence electrons. The van der Waals surface area contributed by atoms with Crippen molar-refractivity contribution in [2.24, 2.45) is 0 Å². The molecule has 0 bridgehead atoms. The van der Waals surface area contributed by atoms with E-state index in [1.54, 1.807) is 0 Å². The van der Waals surface area contributed by atoms with E-state index in [-0.39, 0.29) is 0 Å². The summed E-state index contributed by atoms with van der Waals surface area (Å²) in [6, 6.07) is 0. The molecule has 1 aliphatic heterocycles. The van der Waals surface area contributed by atoms with Gasteiger partial charge in [-0.2, -0.15) is 0 Å². The van der Waals surface area contributed by atoms with Gasteiger partial charge in [0, 0.05) is 13.0 Å². The highest BCUT2D eigenvalue weighted by atomic mass is 16.1. The van der Waals surface area contributed by atoms with Crippen LogP contribution < -0.4 is 10.9 Å². The monoisotopic (exact) mass is 184 g/mol. The third-order valence-electron chi connectivity index (χ3n) is 2.42. The van der Waals surface area contributed by atoms with Gasteiger partial charge in [-0.15, -0.1) is 0 Å². The van der Waals surface area contributed by atoms with Crippen LogP contribution in [0.25, 0.3) is 0 Å². The lowest BCUT2D eigenvalue weighted by atomic mass is 10.1. The molecule has 13 heavy (non-hydrogen) atoms. The zero-order valence-electron chi connectivity index (χ0n) is 8.27. The molecule has 0 saturated carbocycles. The lowest BCUT2D eigenvalue weighted by molar-refractivity contribution is -0.118. The highest BCUT2D eigenvalue weighted by molar-refractivity contribution is 5.80. The van der Waals surface area contributed by atoms with Crippen LogP contribution in [0.15, 0.2) is 0 Å². The second-order valence-electron chi connectivity index (χ2n) is 3.69. The van der Waals surface area contributed by atoms with E-state index in [9.17, 15) is 4.79 Å². The van der Waals surface area contributed by atoms with E-state index in [0.29, 0.717) is 12.3 Å². The predicted octanol–water partition coefficient (Wildman–Crippen LogP) is 1.39. The van der Waals surface area contributed by atoms with Crippen LogP contribution in [0.5, 0.6) is 0 Å². The molecular formula is C10H20N2O. The summed E-state index contributed by atoms with van der Waals surface area (Å²) in [5, 5.41) is 0. The van der Waals surface area contributed by atoms with E-state index in [1.165, 1.54) is 32.1 Å². The number of rotatable bonds is 0.